The van der Waals surface area contributed by atoms with E-state index in [0.29, 0.717) is 31.4 Å². The van der Waals surface area contributed by atoms with Gasteiger partial charge in [0.05, 0.1) is 11.5 Å². The molecule has 1 aromatic carbocycles. The molecular weight excluding hydrogens is 369 g/mol. The van der Waals surface area contributed by atoms with Gasteiger partial charge in [0.25, 0.3) is 6.43 Å². The molecule has 0 bridgehead atoms. The number of carbonyl (C=O) groups excluding carboxylic acids is 1. The molecule has 1 saturated carbocycles. The Bertz CT molecular complexity index is 625. The summed E-state index contributed by atoms with van der Waals surface area (Å²) >= 11 is 0. The first kappa shape index (κ1) is 21.4. The third kappa shape index (κ3) is 6.66. The van der Waals surface area contributed by atoms with Crippen molar-refractivity contribution in [1.29, 1.82) is 0 Å². The largest absolute Gasteiger partial charge is 0.487 e. The first-order valence-electron chi connectivity index (χ1n) is 9.07. The number of Topliss-reactive ketones (excluding diaryl/α,β-unsaturated/α-hetero) is 1. The van der Waals surface area contributed by atoms with Gasteiger partial charge in [-0.25, -0.2) is 8.78 Å². The van der Waals surface area contributed by atoms with Crippen LogP contribution in [0.3, 0.4) is 0 Å². The van der Waals surface area contributed by atoms with Crippen molar-refractivity contribution in [3.8, 4) is 5.75 Å². The molecule has 0 unspecified atom stereocenters. The van der Waals surface area contributed by atoms with Crippen LogP contribution >= 0.6 is 0 Å². The van der Waals surface area contributed by atoms with Gasteiger partial charge in [-0.15, -0.1) is 0 Å². The first-order chi connectivity index (χ1) is 12.7. The molecule has 1 fully saturated rings. The lowest BCUT2D eigenvalue weighted by Gasteiger charge is -2.29. The van der Waals surface area contributed by atoms with Crippen LogP contribution in [0, 0.1) is 11.8 Å². The molecule has 1 aliphatic carbocycles. The highest BCUT2D eigenvalue weighted by Crippen LogP contribution is 2.40. The standard InChI is InChI=1S/C19H24F5NO2/c20-18(21)11-27-17-9-8-14(25)10-15(17)16(26)3-1-2-12-4-6-13(7-5-12)19(22,23)24/h8-10,12-13,18H,1-7,11,25H2. The average Bonchev–Trinajstić information content (AvgIpc) is 2.60. The molecule has 152 valence electrons. The number of carbonyl (C=O) groups is 1. The summed E-state index contributed by atoms with van der Waals surface area (Å²) in [6.45, 7) is -0.813. The second-order valence-corrected chi connectivity index (χ2v) is 7.03. The molecule has 0 aromatic heterocycles. The van der Waals surface area contributed by atoms with Gasteiger partial charge < -0.3 is 10.5 Å². The monoisotopic (exact) mass is 393 g/mol. The fourth-order valence-electron chi connectivity index (χ4n) is 3.51. The number of halogens is 5. The maximum Gasteiger partial charge on any atom is 0.391 e. The summed E-state index contributed by atoms with van der Waals surface area (Å²) in [7, 11) is 0. The van der Waals surface area contributed by atoms with Gasteiger partial charge in [0.2, 0.25) is 0 Å². The van der Waals surface area contributed by atoms with Crippen LogP contribution in [0.5, 0.6) is 5.75 Å². The molecule has 0 radical (unpaired) electrons. The van der Waals surface area contributed by atoms with E-state index in [1.165, 1.54) is 18.2 Å². The van der Waals surface area contributed by atoms with Gasteiger partial charge in [-0.05, 0) is 56.2 Å². The van der Waals surface area contributed by atoms with E-state index in [4.69, 9.17) is 10.5 Å². The number of hydrogen-bond donors (Lipinski definition) is 1. The Morgan fingerprint density at radius 3 is 2.44 bits per heavy atom. The van der Waals surface area contributed by atoms with Gasteiger partial charge in [-0.1, -0.05) is 6.42 Å². The zero-order chi connectivity index (χ0) is 20.0. The zero-order valence-corrected chi connectivity index (χ0v) is 14.9. The predicted molar refractivity (Wildman–Crippen MR) is 92.0 cm³/mol. The van der Waals surface area contributed by atoms with Gasteiger partial charge in [-0.3, -0.25) is 4.79 Å². The van der Waals surface area contributed by atoms with Crippen LogP contribution in [0.15, 0.2) is 18.2 Å². The number of nitrogen functional groups attached to an aromatic ring is 1. The van der Waals surface area contributed by atoms with E-state index in [1.807, 2.05) is 0 Å². The van der Waals surface area contributed by atoms with Crippen molar-refractivity contribution in [2.45, 2.75) is 57.5 Å². The van der Waals surface area contributed by atoms with E-state index in [9.17, 15) is 26.7 Å². The number of benzene rings is 1. The Hall–Kier alpha value is -1.86. The summed E-state index contributed by atoms with van der Waals surface area (Å²) < 4.78 is 67.7. The SMILES string of the molecule is Nc1ccc(OCC(F)F)c(C(=O)CCCC2CCC(C(F)(F)F)CC2)c1. The maximum atomic E-state index is 12.7. The van der Waals surface area contributed by atoms with Crippen LogP contribution in [0.1, 0.15) is 55.3 Å². The third-order valence-electron chi connectivity index (χ3n) is 4.99. The quantitative estimate of drug-likeness (QED) is 0.354. The summed E-state index contributed by atoms with van der Waals surface area (Å²) in [4.78, 5) is 12.4. The first-order valence-corrected chi connectivity index (χ1v) is 9.07. The lowest BCUT2D eigenvalue weighted by atomic mass is 9.79. The number of anilines is 1. The normalized spacial score (nSPS) is 20.7. The minimum Gasteiger partial charge on any atom is -0.487 e. The molecule has 0 aliphatic heterocycles. The summed E-state index contributed by atoms with van der Waals surface area (Å²) in [5.41, 5.74) is 6.16. The molecule has 2 N–H and O–H groups in total. The number of ketones is 1. The summed E-state index contributed by atoms with van der Waals surface area (Å²) in [6, 6.07) is 4.26. The summed E-state index contributed by atoms with van der Waals surface area (Å²) in [5, 5.41) is 0. The molecule has 0 heterocycles. The number of ether oxygens (including phenoxy) is 1. The average molecular weight is 393 g/mol. The van der Waals surface area contributed by atoms with Crippen LogP contribution < -0.4 is 10.5 Å². The van der Waals surface area contributed by atoms with Crippen LogP contribution in [-0.4, -0.2) is 25.0 Å². The van der Waals surface area contributed by atoms with E-state index >= 15 is 0 Å². The highest BCUT2D eigenvalue weighted by atomic mass is 19.4. The maximum absolute atomic E-state index is 12.7. The van der Waals surface area contributed by atoms with E-state index in [-0.39, 0.29) is 42.3 Å². The smallest absolute Gasteiger partial charge is 0.391 e. The second-order valence-electron chi connectivity index (χ2n) is 7.03. The molecule has 0 atom stereocenters. The van der Waals surface area contributed by atoms with Gasteiger partial charge in [0.15, 0.2) is 5.78 Å². The molecule has 27 heavy (non-hydrogen) atoms. The van der Waals surface area contributed by atoms with Crippen LogP contribution in [0.25, 0.3) is 0 Å². The van der Waals surface area contributed by atoms with E-state index < -0.39 is 25.1 Å². The molecule has 0 amide bonds. The summed E-state index contributed by atoms with van der Waals surface area (Å²) in [5.74, 6) is -1.22. The van der Waals surface area contributed by atoms with E-state index in [1.54, 1.807) is 0 Å². The molecule has 0 spiro atoms. The fourth-order valence-corrected chi connectivity index (χ4v) is 3.51. The van der Waals surface area contributed by atoms with Gasteiger partial charge in [0, 0.05) is 12.1 Å². The summed E-state index contributed by atoms with van der Waals surface area (Å²) in [6.07, 6.45) is -4.09. The van der Waals surface area contributed by atoms with Gasteiger partial charge in [0.1, 0.15) is 12.4 Å². The molecule has 1 aliphatic rings. The Morgan fingerprint density at radius 2 is 1.85 bits per heavy atom. The highest BCUT2D eigenvalue weighted by Gasteiger charge is 2.41. The Balaban J connectivity index is 1.83. The van der Waals surface area contributed by atoms with Crippen LogP contribution in [0.2, 0.25) is 0 Å². The molecule has 1 aromatic rings. The van der Waals surface area contributed by atoms with Crippen LogP contribution in [0.4, 0.5) is 27.6 Å². The lowest BCUT2D eigenvalue weighted by Crippen LogP contribution is -2.27. The number of nitrogens with two attached hydrogens (primary N) is 1. The van der Waals surface area contributed by atoms with Gasteiger partial charge >= 0.3 is 6.18 Å². The van der Waals surface area contributed by atoms with E-state index in [0.717, 1.165) is 0 Å². The molecule has 2 rings (SSSR count). The minimum atomic E-state index is -4.12. The topological polar surface area (TPSA) is 52.3 Å². The minimum absolute atomic E-state index is 0.0696. The molecule has 8 heteroatoms. The number of hydrogen-bond acceptors (Lipinski definition) is 3. The second kappa shape index (κ2) is 9.37. The van der Waals surface area contributed by atoms with Crippen molar-refractivity contribution in [3.05, 3.63) is 23.8 Å². The Morgan fingerprint density at radius 1 is 1.19 bits per heavy atom. The third-order valence-corrected chi connectivity index (χ3v) is 4.99. The van der Waals surface area contributed by atoms with Crippen LogP contribution in [-0.2, 0) is 0 Å². The Labute approximate surface area is 155 Å². The molecule has 0 saturated heterocycles. The molecule has 3 nitrogen and oxygen atoms in total. The lowest BCUT2D eigenvalue weighted by molar-refractivity contribution is -0.184. The van der Waals surface area contributed by atoms with Crippen molar-refractivity contribution in [1.82, 2.24) is 0 Å². The number of rotatable bonds is 8. The zero-order valence-electron chi connectivity index (χ0n) is 14.9. The molecular formula is C19H24F5NO2. The van der Waals surface area contributed by atoms with E-state index in [2.05, 4.69) is 0 Å². The van der Waals surface area contributed by atoms with Crippen molar-refractivity contribution >= 4 is 11.5 Å². The Kier molecular flexibility index (Phi) is 7.44. The number of alkyl halides is 5. The highest BCUT2D eigenvalue weighted by molar-refractivity contribution is 5.99. The van der Waals surface area contributed by atoms with Crippen molar-refractivity contribution < 1.29 is 31.5 Å². The van der Waals surface area contributed by atoms with Crippen molar-refractivity contribution in [3.63, 3.8) is 0 Å². The van der Waals surface area contributed by atoms with Crippen molar-refractivity contribution in [2.75, 3.05) is 12.3 Å². The van der Waals surface area contributed by atoms with Gasteiger partial charge in [-0.2, -0.15) is 13.2 Å². The van der Waals surface area contributed by atoms with Crippen molar-refractivity contribution in [2.24, 2.45) is 11.8 Å². The predicted octanol–water partition coefficient (Wildman–Crippen LogP) is 5.63. The fraction of sp³-hybridized carbons (Fsp3) is 0.632.